The van der Waals surface area contributed by atoms with Crippen molar-refractivity contribution in [1.82, 2.24) is 4.90 Å². The van der Waals surface area contributed by atoms with Crippen molar-refractivity contribution in [3.05, 3.63) is 29.8 Å². The third-order valence-electron chi connectivity index (χ3n) is 7.16. The minimum atomic E-state index is 0.307. The minimum Gasteiger partial charge on any atom is -0.312 e. The largest absolute Gasteiger partial charge is 0.312 e. The van der Waals surface area contributed by atoms with Gasteiger partial charge in [-0.2, -0.15) is 0 Å². The van der Waals surface area contributed by atoms with E-state index in [1.807, 2.05) is 0 Å². The van der Waals surface area contributed by atoms with Crippen LogP contribution in [0.15, 0.2) is 24.3 Å². The van der Waals surface area contributed by atoms with Crippen molar-refractivity contribution in [2.75, 3.05) is 18.0 Å². The Morgan fingerprint density at radius 3 is 2.56 bits per heavy atom. The highest BCUT2D eigenvalue weighted by atomic mass is 16.2. The molecule has 27 heavy (non-hydrogen) atoms. The molecule has 1 aromatic carbocycles. The lowest BCUT2D eigenvalue weighted by molar-refractivity contribution is -0.119. The van der Waals surface area contributed by atoms with Crippen LogP contribution in [0.2, 0.25) is 0 Å². The molecule has 4 atom stereocenters. The number of piperidine rings is 1. The van der Waals surface area contributed by atoms with E-state index in [0.29, 0.717) is 18.2 Å². The number of carbonyl (C=O) groups is 1. The molecule has 3 heteroatoms. The van der Waals surface area contributed by atoms with Crippen LogP contribution in [-0.2, 0) is 11.2 Å². The number of hydrogen-bond donors (Lipinski definition) is 0. The van der Waals surface area contributed by atoms with Crippen molar-refractivity contribution in [3.63, 3.8) is 0 Å². The molecule has 3 aliphatic rings. The molecule has 2 saturated heterocycles. The van der Waals surface area contributed by atoms with Gasteiger partial charge in [0.25, 0.3) is 0 Å². The number of para-hydroxylation sites is 1. The molecule has 0 N–H and O–H groups in total. The molecule has 0 spiro atoms. The summed E-state index contributed by atoms with van der Waals surface area (Å²) in [6.45, 7) is 6.67. The lowest BCUT2D eigenvalue weighted by atomic mass is 9.86. The molecule has 4 rings (SSSR count). The summed E-state index contributed by atoms with van der Waals surface area (Å²) in [6.07, 6.45) is 11.3. The molecule has 2 fully saturated rings. The number of anilines is 1. The molecule has 2 unspecified atom stereocenters. The quantitative estimate of drug-likeness (QED) is 0.673. The summed E-state index contributed by atoms with van der Waals surface area (Å²) in [5.41, 5.74) is 2.49. The van der Waals surface area contributed by atoms with Crippen LogP contribution >= 0.6 is 0 Å². The van der Waals surface area contributed by atoms with E-state index in [1.165, 1.54) is 50.5 Å². The fraction of sp³-hybridized carbons (Fsp3) is 0.708. The average molecular weight is 369 g/mol. The van der Waals surface area contributed by atoms with Crippen molar-refractivity contribution in [3.8, 4) is 0 Å². The molecule has 3 heterocycles. The molecule has 0 saturated carbocycles. The van der Waals surface area contributed by atoms with Crippen LogP contribution in [0.3, 0.4) is 0 Å². The van der Waals surface area contributed by atoms with Gasteiger partial charge in [-0.25, -0.2) is 0 Å². The zero-order chi connectivity index (χ0) is 18.8. The van der Waals surface area contributed by atoms with E-state index in [9.17, 15) is 4.79 Å². The van der Waals surface area contributed by atoms with Crippen molar-refractivity contribution in [1.29, 1.82) is 0 Å². The second-order valence-electron chi connectivity index (χ2n) is 9.30. The molecular weight excluding hydrogens is 332 g/mol. The summed E-state index contributed by atoms with van der Waals surface area (Å²) >= 11 is 0. The molecule has 148 valence electrons. The standard InChI is InChI=1S/C24H36N2O/c1-3-4-7-19-14-21-11-12-22(15-19)25(21)16-18(2)17-26-23-9-6-5-8-20(23)10-13-24(26)27/h5-6,8-9,18-19,21-22H,3-4,7,10-17H2,1-2H3/t18-,19?,21+,22?/m1/s1. The molecule has 3 aliphatic heterocycles. The van der Waals surface area contributed by atoms with Gasteiger partial charge in [0.05, 0.1) is 0 Å². The number of rotatable bonds is 7. The van der Waals surface area contributed by atoms with Crippen LogP contribution in [0.1, 0.15) is 70.8 Å². The zero-order valence-corrected chi connectivity index (χ0v) is 17.2. The highest BCUT2D eigenvalue weighted by molar-refractivity contribution is 5.96. The van der Waals surface area contributed by atoms with E-state index >= 15 is 0 Å². The SMILES string of the molecule is CCCCC1CC2CC[C@@H](C1)N2C[C@@H](C)CN1C(=O)CCc2ccccc21. The molecular formula is C24H36N2O. The number of benzene rings is 1. The highest BCUT2D eigenvalue weighted by Crippen LogP contribution is 2.41. The van der Waals surface area contributed by atoms with Gasteiger partial charge in [-0.3, -0.25) is 9.69 Å². The third-order valence-corrected chi connectivity index (χ3v) is 7.16. The van der Waals surface area contributed by atoms with Gasteiger partial charge in [-0.15, -0.1) is 0 Å². The minimum absolute atomic E-state index is 0.307. The van der Waals surface area contributed by atoms with Gasteiger partial charge in [0.1, 0.15) is 0 Å². The summed E-state index contributed by atoms with van der Waals surface area (Å²) in [5, 5.41) is 0. The maximum absolute atomic E-state index is 12.6. The number of amides is 1. The summed E-state index contributed by atoms with van der Waals surface area (Å²) in [5.74, 6) is 1.79. The first kappa shape index (κ1) is 19.0. The molecule has 0 aliphatic carbocycles. The van der Waals surface area contributed by atoms with E-state index in [4.69, 9.17) is 0 Å². The Morgan fingerprint density at radius 2 is 1.81 bits per heavy atom. The Kier molecular flexibility index (Phi) is 5.87. The Hall–Kier alpha value is -1.35. The highest BCUT2D eigenvalue weighted by Gasteiger charge is 2.40. The summed E-state index contributed by atoms with van der Waals surface area (Å²) in [7, 11) is 0. The fourth-order valence-electron chi connectivity index (χ4n) is 5.84. The van der Waals surface area contributed by atoms with Crippen LogP contribution in [0.4, 0.5) is 5.69 Å². The predicted octanol–water partition coefficient (Wildman–Crippen LogP) is 5.04. The van der Waals surface area contributed by atoms with Gasteiger partial charge in [-0.05, 0) is 55.6 Å². The number of unbranched alkanes of at least 4 members (excludes halogenated alkanes) is 1. The second-order valence-corrected chi connectivity index (χ2v) is 9.30. The van der Waals surface area contributed by atoms with Gasteiger partial charge in [-0.1, -0.05) is 51.3 Å². The number of carbonyl (C=O) groups excluding carboxylic acids is 1. The number of hydrogen-bond acceptors (Lipinski definition) is 2. The third kappa shape index (κ3) is 4.08. The van der Waals surface area contributed by atoms with Gasteiger partial charge in [0.15, 0.2) is 0 Å². The van der Waals surface area contributed by atoms with E-state index in [2.05, 4.69) is 47.9 Å². The Bertz CT molecular complexity index is 644. The summed E-state index contributed by atoms with van der Waals surface area (Å²) < 4.78 is 0. The van der Waals surface area contributed by atoms with Crippen LogP contribution in [-0.4, -0.2) is 36.0 Å². The maximum atomic E-state index is 12.6. The van der Waals surface area contributed by atoms with Crippen molar-refractivity contribution in [2.45, 2.75) is 83.7 Å². The summed E-state index contributed by atoms with van der Waals surface area (Å²) in [4.78, 5) is 17.5. The lowest BCUT2D eigenvalue weighted by Gasteiger charge is -2.41. The Morgan fingerprint density at radius 1 is 1.07 bits per heavy atom. The van der Waals surface area contributed by atoms with Crippen molar-refractivity contribution >= 4 is 11.6 Å². The lowest BCUT2D eigenvalue weighted by Crippen LogP contribution is -2.47. The van der Waals surface area contributed by atoms with Gasteiger partial charge >= 0.3 is 0 Å². The van der Waals surface area contributed by atoms with Gasteiger partial charge in [0.2, 0.25) is 5.91 Å². The van der Waals surface area contributed by atoms with Crippen LogP contribution in [0.25, 0.3) is 0 Å². The van der Waals surface area contributed by atoms with Gasteiger partial charge in [0, 0.05) is 37.3 Å². The summed E-state index contributed by atoms with van der Waals surface area (Å²) in [6, 6.07) is 10.1. The number of aryl methyl sites for hydroxylation is 1. The first-order valence-corrected chi connectivity index (χ1v) is 11.3. The molecule has 2 bridgehead atoms. The zero-order valence-electron chi connectivity index (χ0n) is 17.2. The molecule has 0 radical (unpaired) electrons. The molecule has 1 aromatic rings. The monoisotopic (exact) mass is 368 g/mol. The normalized spacial score (nSPS) is 29.0. The van der Waals surface area contributed by atoms with Crippen LogP contribution in [0, 0.1) is 11.8 Å². The number of nitrogens with zero attached hydrogens (tertiary/aromatic N) is 2. The van der Waals surface area contributed by atoms with E-state index in [0.717, 1.165) is 43.2 Å². The molecule has 0 aromatic heterocycles. The molecule has 3 nitrogen and oxygen atoms in total. The average Bonchev–Trinajstić information content (AvgIpc) is 2.90. The molecule has 1 amide bonds. The first-order chi connectivity index (χ1) is 13.2. The van der Waals surface area contributed by atoms with Crippen LogP contribution in [0.5, 0.6) is 0 Å². The van der Waals surface area contributed by atoms with E-state index in [-0.39, 0.29) is 0 Å². The number of fused-ring (bicyclic) bond motifs is 3. The smallest absolute Gasteiger partial charge is 0.227 e. The predicted molar refractivity (Wildman–Crippen MR) is 112 cm³/mol. The van der Waals surface area contributed by atoms with Crippen molar-refractivity contribution < 1.29 is 4.79 Å². The topological polar surface area (TPSA) is 23.6 Å². The first-order valence-electron chi connectivity index (χ1n) is 11.3. The van der Waals surface area contributed by atoms with Crippen molar-refractivity contribution in [2.24, 2.45) is 11.8 Å². The Balaban J connectivity index is 1.36. The second kappa shape index (κ2) is 8.34. The maximum Gasteiger partial charge on any atom is 0.227 e. The fourth-order valence-corrected chi connectivity index (χ4v) is 5.84. The van der Waals surface area contributed by atoms with E-state index in [1.54, 1.807) is 0 Å². The van der Waals surface area contributed by atoms with Gasteiger partial charge < -0.3 is 4.90 Å². The van der Waals surface area contributed by atoms with Crippen LogP contribution < -0.4 is 4.90 Å². The van der Waals surface area contributed by atoms with E-state index < -0.39 is 0 Å². The Labute approximate surface area is 165 Å².